The molecule has 1 aliphatic rings. The zero-order chi connectivity index (χ0) is 18.4. The van der Waals surface area contributed by atoms with Gasteiger partial charge in [0.1, 0.15) is 6.04 Å². The summed E-state index contributed by atoms with van der Waals surface area (Å²) in [6, 6.07) is 9.95. The summed E-state index contributed by atoms with van der Waals surface area (Å²) in [4.78, 5) is 4.51. The fraction of sp³-hybridized carbons (Fsp3) is 0.579. The summed E-state index contributed by atoms with van der Waals surface area (Å²) in [5, 5.41) is 8.33. The molecular formula is C19H29N5O2. The Labute approximate surface area is 155 Å². The molecule has 0 aliphatic carbocycles. The van der Waals surface area contributed by atoms with E-state index in [1.165, 1.54) is 12.8 Å². The molecule has 1 aliphatic heterocycles. The molecule has 7 nitrogen and oxygen atoms in total. The van der Waals surface area contributed by atoms with Gasteiger partial charge >= 0.3 is 6.01 Å². The Kier molecular flexibility index (Phi) is 6.60. The van der Waals surface area contributed by atoms with Crippen LogP contribution in [0.15, 0.2) is 34.7 Å². The van der Waals surface area contributed by atoms with E-state index >= 15 is 0 Å². The third kappa shape index (κ3) is 4.81. The highest BCUT2D eigenvalue weighted by molar-refractivity contribution is 5.26. The van der Waals surface area contributed by atoms with Gasteiger partial charge in [-0.25, -0.2) is 0 Å². The molecule has 0 saturated carbocycles. The summed E-state index contributed by atoms with van der Waals surface area (Å²) in [7, 11) is 3.76. The van der Waals surface area contributed by atoms with Gasteiger partial charge in [0, 0.05) is 27.2 Å². The molecule has 0 amide bonds. The number of anilines is 1. The number of nitrogens with two attached hydrogens (primary N) is 1. The Morgan fingerprint density at radius 1 is 1.27 bits per heavy atom. The van der Waals surface area contributed by atoms with Crippen molar-refractivity contribution in [3.63, 3.8) is 0 Å². The standard InChI is InChI=1S/C19H29N5O2/c1-23(14-15-8-10-24(11-9-15)12-13-25-2)19-22-21-18(26-19)17(20)16-6-4-3-5-7-16/h3-7,15,17H,8-14,20H2,1-2H3/t17-/m1/s1. The lowest BCUT2D eigenvalue weighted by Gasteiger charge is -2.33. The number of likely N-dealkylation sites (tertiary alicyclic amines) is 1. The third-order valence-corrected chi connectivity index (χ3v) is 5.03. The molecule has 1 aromatic carbocycles. The van der Waals surface area contributed by atoms with Crippen LogP contribution in [-0.2, 0) is 4.74 Å². The first-order valence-electron chi connectivity index (χ1n) is 9.23. The average molecular weight is 359 g/mol. The van der Waals surface area contributed by atoms with E-state index in [1.54, 1.807) is 7.11 Å². The van der Waals surface area contributed by atoms with Crippen LogP contribution in [0.3, 0.4) is 0 Å². The molecule has 2 N–H and O–H groups in total. The molecule has 0 spiro atoms. The van der Waals surface area contributed by atoms with Crippen LogP contribution in [0.25, 0.3) is 0 Å². The number of nitrogens with zero attached hydrogens (tertiary/aromatic N) is 4. The van der Waals surface area contributed by atoms with Gasteiger partial charge in [-0.1, -0.05) is 35.4 Å². The van der Waals surface area contributed by atoms with E-state index in [9.17, 15) is 0 Å². The maximum absolute atomic E-state index is 6.24. The predicted octanol–water partition coefficient (Wildman–Crippen LogP) is 1.91. The first-order valence-corrected chi connectivity index (χ1v) is 9.23. The maximum atomic E-state index is 6.24. The molecule has 0 bridgehead atoms. The highest BCUT2D eigenvalue weighted by atomic mass is 16.5. The van der Waals surface area contributed by atoms with Crippen molar-refractivity contribution in [1.29, 1.82) is 0 Å². The molecule has 2 aromatic rings. The van der Waals surface area contributed by atoms with E-state index in [4.69, 9.17) is 14.9 Å². The highest BCUT2D eigenvalue weighted by Gasteiger charge is 2.23. The number of aromatic nitrogens is 2. The lowest BCUT2D eigenvalue weighted by molar-refractivity contribution is 0.121. The van der Waals surface area contributed by atoms with Gasteiger partial charge in [0.25, 0.3) is 0 Å². The van der Waals surface area contributed by atoms with Crippen LogP contribution >= 0.6 is 0 Å². The van der Waals surface area contributed by atoms with Crippen molar-refractivity contribution in [3.05, 3.63) is 41.8 Å². The van der Waals surface area contributed by atoms with Gasteiger partial charge in [-0.3, -0.25) is 0 Å². The van der Waals surface area contributed by atoms with Crippen molar-refractivity contribution in [2.75, 3.05) is 51.8 Å². The molecule has 0 unspecified atom stereocenters. The third-order valence-electron chi connectivity index (χ3n) is 5.03. The zero-order valence-electron chi connectivity index (χ0n) is 15.7. The van der Waals surface area contributed by atoms with E-state index < -0.39 is 6.04 Å². The Balaban J connectivity index is 1.52. The van der Waals surface area contributed by atoms with Crippen LogP contribution in [-0.4, -0.2) is 62.0 Å². The topological polar surface area (TPSA) is 80.7 Å². The number of hydrogen-bond donors (Lipinski definition) is 1. The van der Waals surface area contributed by atoms with Gasteiger partial charge in [0.2, 0.25) is 5.89 Å². The quantitative estimate of drug-likeness (QED) is 0.771. The number of hydrogen-bond acceptors (Lipinski definition) is 7. The smallest absolute Gasteiger partial charge is 0.317 e. The van der Waals surface area contributed by atoms with Crippen LogP contribution in [0, 0.1) is 5.92 Å². The molecule has 3 rings (SSSR count). The molecule has 26 heavy (non-hydrogen) atoms. The summed E-state index contributed by atoms with van der Waals surface area (Å²) in [5.74, 6) is 1.09. The largest absolute Gasteiger partial charge is 0.406 e. The van der Waals surface area contributed by atoms with Crippen LogP contribution in [0.4, 0.5) is 6.01 Å². The molecule has 0 radical (unpaired) electrons. The first-order chi connectivity index (χ1) is 12.7. The second-order valence-electron chi connectivity index (χ2n) is 6.97. The summed E-state index contributed by atoms with van der Waals surface area (Å²) in [5.41, 5.74) is 7.21. The summed E-state index contributed by atoms with van der Waals surface area (Å²) < 4.78 is 11.0. The Hall–Kier alpha value is -1.96. The molecule has 1 atom stereocenters. The Bertz CT molecular complexity index is 655. The number of rotatable bonds is 8. The van der Waals surface area contributed by atoms with Gasteiger partial charge in [0.15, 0.2) is 0 Å². The number of benzene rings is 1. The lowest BCUT2D eigenvalue weighted by Crippen LogP contribution is -2.39. The summed E-state index contributed by atoms with van der Waals surface area (Å²) in [6.07, 6.45) is 2.36. The SMILES string of the molecule is COCCN1CCC(CN(C)c2nnc([C@H](N)c3ccccc3)o2)CC1. The molecule has 142 valence electrons. The van der Waals surface area contributed by atoms with Crippen molar-refractivity contribution in [2.24, 2.45) is 11.7 Å². The maximum Gasteiger partial charge on any atom is 0.317 e. The normalized spacial score (nSPS) is 17.3. The zero-order valence-corrected chi connectivity index (χ0v) is 15.7. The monoisotopic (exact) mass is 359 g/mol. The van der Waals surface area contributed by atoms with E-state index in [0.717, 1.165) is 38.3 Å². The van der Waals surface area contributed by atoms with Crippen LogP contribution < -0.4 is 10.6 Å². The van der Waals surface area contributed by atoms with Gasteiger partial charge in [-0.15, -0.1) is 5.10 Å². The number of methoxy groups -OCH3 is 1. The van der Waals surface area contributed by atoms with E-state index in [2.05, 4.69) is 15.1 Å². The van der Waals surface area contributed by atoms with E-state index in [-0.39, 0.29) is 0 Å². The minimum Gasteiger partial charge on any atom is -0.406 e. The van der Waals surface area contributed by atoms with E-state index in [1.807, 2.05) is 42.3 Å². The highest BCUT2D eigenvalue weighted by Crippen LogP contribution is 2.23. The molecular weight excluding hydrogens is 330 g/mol. The van der Waals surface area contributed by atoms with Gasteiger partial charge in [-0.05, 0) is 37.4 Å². The van der Waals surface area contributed by atoms with Crippen LogP contribution in [0.1, 0.15) is 30.3 Å². The predicted molar refractivity (Wildman–Crippen MR) is 101 cm³/mol. The van der Waals surface area contributed by atoms with Crippen LogP contribution in [0.5, 0.6) is 0 Å². The minimum absolute atomic E-state index is 0.394. The van der Waals surface area contributed by atoms with Crippen molar-refractivity contribution in [1.82, 2.24) is 15.1 Å². The minimum atomic E-state index is -0.394. The van der Waals surface area contributed by atoms with Gasteiger partial charge in [-0.2, -0.15) is 0 Å². The van der Waals surface area contributed by atoms with Gasteiger partial charge in [0.05, 0.1) is 6.61 Å². The van der Waals surface area contributed by atoms with Gasteiger partial charge < -0.3 is 24.7 Å². The second-order valence-corrected chi connectivity index (χ2v) is 6.97. The summed E-state index contributed by atoms with van der Waals surface area (Å²) >= 11 is 0. The van der Waals surface area contributed by atoms with Crippen molar-refractivity contribution >= 4 is 6.01 Å². The molecule has 2 heterocycles. The van der Waals surface area contributed by atoms with Crippen molar-refractivity contribution < 1.29 is 9.15 Å². The molecule has 1 fully saturated rings. The molecule has 1 aromatic heterocycles. The Morgan fingerprint density at radius 2 is 2.00 bits per heavy atom. The number of piperidine rings is 1. The Morgan fingerprint density at radius 3 is 2.69 bits per heavy atom. The number of ether oxygens (including phenoxy) is 1. The van der Waals surface area contributed by atoms with Crippen LogP contribution in [0.2, 0.25) is 0 Å². The fourth-order valence-corrected chi connectivity index (χ4v) is 3.39. The van der Waals surface area contributed by atoms with Crippen molar-refractivity contribution in [2.45, 2.75) is 18.9 Å². The fourth-order valence-electron chi connectivity index (χ4n) is 3.39. The first kappa shape index (κ1) is 18.8. The second kappa shape index (κ2) is 9.12. The lowest BCUT2D eigenvalue weighted by atomic mass is 9.96. The van der Waals surface area contributed by atoms with Crippen molar-refractivity contribution in [3.8, 4) is 0 Å². The summed E-state index contributed by atoms with van der Waals surface area (Å²) in [6.45, 7) is 4.98. The average Bonchev–Trinajstić information content (AvgIpc) is 3.18. The van der Waals surface area contributed by atoms with E-state index in [0.29, 0.717) is 17.8 Å². The molecule has 7 heteroatoms. The molecule has 1 saturated heterocycles.